The number of nitrogens with one attached hydrogen (secondary N) is 1. The predicted octanol–water partition coefficient (Wildman–Crippen LogP) is 4.35. The summed E-state index contributed by atoms with van der Waals surface area (Å²) in [5.74, 6) is -0.609. The van der Waals surface area contributed by atoms with Crippen molar-refractivity contribution >= 4 is 23.2 Å². The van der Waals surface area contributed by atoms with Crippen molar-refractivity contribution < 1.29 is 26.8 Å². The molecule has 28 heavy (non-hydrogen) atoms. The predicted molar refractivity (Wildman–Crippen MR) is 90.9 cm³/mol. The Morgan fingerprint density at radius 3 is 2.57 bits per heavy atom. The molecule has 0 saturated carbocycles. The quantitative estimate of drug-likeness (QED) is 0.603. The van der Waals surface area contributed by atoms with Crippen molar-refractivity contribution in [3.63, 3.8) is 0 Å². The Morgan fingerprint density at radius 1 is 1.29 bits per heavy atom. The van der Waals surface area contributed by atoms with E-state index in [9.17, 15) is 22.4 Å². The SMILES string of the molecule is Cc1c(NC(=O)c2ccc(Cn3nc(C(F)F)c(Cl)c3C(F)F)o2)cnn1C. The maximum Gasteiger partial charge on any atom is 0.291 e. The van der Waals surface area contributed by atoms with Crippen LogP contribution < -0.4 is 5.32 Å². The summed E-state index contributed by atoms with van der Waals surface area (Å²) in [6, 6.07) is 2.69. The second-order valence-electron chi connectivity index (χ2n) is 5.83. The summed E-state index contributed by atoms with van der Waals surface area (Å²) in [6.45, 7) is 1.36. The van der Waals surface area contributed by atoms with Crippen LogP contribution in [0.4, 0.5) is 23.2 Å². The Bertz CT molecular complexity index is 1010. The third kappa shape index (κ3) is 3.75. The highest BCUT2D eigenvalue weighted by Gasteiger charge is 2.28. The molecular weight excluding hydrogens is 406 g/mol. The van der Waals surface area contributed by atoms with Crippen LogP contribution in [0.15, 0.2) is 22.7 Å². The molecular formula is C16H14ClF4N5O2. The minimum Gasteiger partial charge on any atom is -0.454 e. The molecule has 0 saturated heterocycles. The maximum absolute atomic E-state index is 13.2. The van der Waals surface area contributed by atoms with E-state index in [1.165, 1.54) is 18.3 Å². The van der Waals surface area contributed by atoms with E-state index in [0.29, 0.717) is 16.1 Å². The van der Waals surface area contributed by atoms with Crippen molar-refractivity contribution in [2.45, 2.75) is 26.3 Å². The number of hydrogen-bond donors (Lipinski definition) is 1. The second kappa shape index (κ2) is 7.66. The van der Waals surface area contributed by atoms with Crippen molar-refractivity contribution in [2.75, 3.05) is 5.32 Å². The lowest BCUT2D eigenvalue weighted by Gasteiger charge is -2.05. The molecule has 0 bridgehead atoms. The molecule has 0 spiro atoms. The molecule has 0 atom stereocenters. The topological polar surface area (TPSA) is 77.9 Å². The summed E-state index contributed by atoms with van der Waals surface area (Å²) in [5.41, 5.74) is -0.586. The first-order valence-electron chi connectivity index (χ1n) is 7.90. The van der Waals surface area contributed by atoms with Crippen molar-refractivity contribution in [1.29, 1.82) is 0 Å². The monoisotopic (exact) mass is 419 g/mol. The zero-order valence-electron chi connectivity index (χ0n) is 14.6. The largest absolute Gasteiger partial charge is 0.454 e. The first-order valence-corrected chi connectivity index (χ1v) is 8.27. The Kier molecular flexibility index (Phi) is 5.45. The molecule has 0 aliphatic rings. The van der Waals surface area contributed by atoms with E-state index in [1.807, 2.05) is 0 Å². The molecule has 0 fully saturated rings. The van der Waals surface area contributed by atoms with Crippen LogP contribution in [-0.2, 0) is 13.6 Å². The summed E-state index contributed by atoms with van der Waals surface area (Å²) in [6.07, 6.45) is -4.76. The number of aromatic nitrogens is 4. The van der Waals surface area contributed by atoms with Crippen LogP contribution in [0.1, 0.15) is 46.2 Å². The van der Waals surface area contributed by atoms with Gasteiger partial charge < -0.3 is 9.73 Å². The van der Waals surface area contributed by atoms with Gasteiger partial charge in [-0.15, -0.1) is 0 Å². The molecule has 0 aromatic carbocycles. The van der Waals surface area contributed by atoms with Crippen LogP contribution in [0, 0.1) is 6.92 Å². The highest BCUT2D eigenvalue weighted by Crippen LogP contribution is 2.35. The normalized spacial score (nSPS) is 11.6. The number of alkyl halides is 4. The molecule has 12 heteroatoms. The number of furan rings is 1. The number of hydrogen-bond acceptors (Lipinski definition) is 4. The Hall–Kier alpha value is -2.82. The van der Waals surface area contributed by atoms with Gasteiger partial charge in [0, 0.05) is 7.05 Å². The summed E-state index contributed by atoms with van der Waals surface area (Å²) in [4.78, 5) is 12.3. The van der Waals surface area contributed by atoms with E-state index in [0.717, 1.165) is 0 Å². The Morgan fingerprint density at radius 2 is 2.00 bits per heavy atom. The van der Waals surface area contributed by atoms with Crippen molar-refractivity contribution in [1.82, 2.24) is 19.6 Å². The van der Waals surface area contributed by atoms with E-state index in [2.05, 4.69) is 15.5 Å². The molecule has 7 nitrogen and oxygen atoms in total. The molecule has 1 N–H and O–H groups in total. The standard InChI is InChI=1S/C16H14ClF4N5O2/c1-7-9(5-22-25(7)2)23-16(27)10-4-3-8(28-10)6-26-13(15(20)21)11(17)12(24-26)14(18)19/h3-5,14-15H,6H2,1-2H3,(H,23,27). The maximum atomic E-state index is 13.2. The summed E-state index contributed by atoms with van der Waals surface area (Å²) in [5, 5.41) is 9.25. The number of halogens is 5. The zero-order valence-corrected chi connectivity index (χ0v) is 15.3. The summed E-state index contributed by atoms with van der Waals surface area (Å²) < 4.78 is 59.7. The minimum absolute atomic E-state index is 0.0648. The molecule has 3 rings (SSSR count). The Labute approximate surface area is 160 Å². The number of anilines is 1. The van der Waals surface area contributed by atoms with Crippen molar-refractivity contribution in [3.05, 3.63) is 52.0 Å². The van der Waals surface area contributed by atoms with Crippen LogP contribution in [0.5, 0.6) is 0 Å². The van der Waals surface area contributed by atoms with E-state index >= 15 is 0 Å². The smallest absolute Gasteiger partial charge is 0.291 e. The zero-order chi connectivity index (χ0) is 20.6. The summed E-state index contributed by atoms with van der Waals surface area (Å²) in [7, 11) is 1.71. The fraction of sp³-hybridized carbons (Fsp3) is 0.312. The number of carbonyl (C=O) groups excluding carboxylic acids is 1. The highest BCUT2D eigenvalue weighted by molar-refractivity contribution is 6.32. The fourth-order valence-electron chi connectivity index (χ4n) is 2.48. The van der Waals surface area contributed by atoms with Crippen LogP contribution in [0.3, 0.4) is 0 Å². The van der Waals surface area contributed by atoms with Gasteiger partial charge >= 0.3 is 0 Å². The van der Waals surface area contributed by atoms with E-state index < -0.39 is 41.7 Å². The van der Waals surface area contributed by atoms with Gasteiger partial charge in [-0.25, -0.2) is 17.6 Å². The van der Waals surface area contributed by atoms with E-state index in [1.54, 1.807) is 18.7 Å². The van der Waals surface area contributed by atoms with Gasteiger partial charge in [-0.2, -0.15) is 10.2 Å². The molecule has 0 aliphatic carbocycles. The average Bonchev–Trinajstić information content (AvgIpc) is 3.29. The van der Waals surface area contributed by atoms with Gasteiger partial charge in [0.2, 0.25) is 0 Å². The van der Waals surface area contributed by atoms with Crippen LogP contribution in [-0.4, -0.2) is 25.5 Å². The molecule has 3 aromatic heterocycles. The lowest BCUT2D eigenvalue weighted by Crippen LogP contribution is -2.11. The van der Waals surface area contributed by atoms with Gasteiger partial charge in [0.1, 0.15) is 17.1 Å². The third-order valence-electron chi connectivity index (χ3n) is 4.04. The van der Waals surface area contributed by atoms with Crippen molar-refractivity contribution in [2.24, 2.45) is 7.05 Å². The lowest BCUT2D eigenvalue weighted by atomic mass is 10.3. The molecule has 150 valence electrons. The van der Waals surface area contributed by atoms with Crippen LogP contribution in [0.2, 0.25) is 5.02 Å². The van der Waals surface area contributed by atoms with Gasteiger partial charge in [-0.1, -0.05) is 11.6 Å². The van der Waals surface area contributed by atoms with Gasteiger partial charge in [-0.3, -0.25) is 14.2 Å². The number of rotatable bonds is 6. The van der Waals surface area contributed by atoms with E-state index in [4.69, 9.17) is 16.0 Å². The van der Waals surface area contributed by atoms with Gasteiger partial charge in [0.05, 0.1) is 29.1 Å². The number of nitrogens with zero attached hydrogens (tertiary/aromatic N) is 4. The lowest BCUT2D eigenvalue weighted by molar-refractivity contribution is 0.0993. The minimum atomic E-state index is -3.11. The van der Waals surface area contributed by atoms with Crippen LogP contribution >= 0.6 is 11.6 Å². The number of amides is 1. The molecule has 3 heterocycles. The molecule has 0 unspecified atom stereocenters. The summed E-state index contributed by atoms with van der Waals surface area (Å²) >= 11 is 5.60. The molecule has 0 aliphatic heterocycles. The highest BCUT2D eigenvalue weighted by atomic mass is 35.5. The number of carbonyl (C=O) groups is 1. The van der Waals surface area contributed by atoms with E-state index in [-0.39, 0.29) is 11.5 Å². The van der Waals surface area contributed by atoms with Gasteiger partial charge in [-0.05, 0) is 19.1 Å². The fourth-order valence-corrected chi connectivity index (χ4v) is 2.78. The molecule has 1 amide bonds. The van der Waals surface area contributed by atoms with Gasteiger partial charge in [0.15, 0.2) is 5.76 Å². The first kappa shape index (κ1) is 19.9. The van der Waals surface area contributed by atoms with Gasteiger partial charge in [0.25, 0.3) is 18.8 Å². The van der Waals surface area contributed by atoms with Crippen LogP contribution in [0.25, 0.3) is 0 Å². The van der Waals surface area contributed by atoms with Crippen molar-refractivity contribution in [3.8, 4) is 0 Å². The third-order valence-corrected chi connectivity index (χ3v) is 4.43. The average molecular weight is 420 g/mol. The molecule has 3 aromatic rings. The number of aryl methyl sites for hydroxylation is 1. The molecule has 0 radical (unpaired) electrons. The second-order valence-corrected chi connectivity index (χ2v) is 6.21. The Balaban J connectivity index is 1.80. The first-order chi connectivity index (χ1) is 13.2.